The zero-order chi connectivity index (χ0) is 15.7. The number of rotatable bonds is 3. The summed E-state index contributed by atoms with van der Waals surface area (Å²) in [5.41, 5.74) is 0.384. The summed E-state index contributed by atoms with van der Waals surface area (Å²) in [5, 5.41) is 15.3. The van der Waals surface area contributed by atoms with Gasteiger partial charge in [-0.3, -0.25) is 4.90 Å². The maximum Gasteiger partial charge on any atom is 0.201 e. The van der Waals surface area contributed by atoms with Crippen LogP contribution in [0, 0.1) is 11.6 Å². The van der Waals surface area contributed by atoms with Crippen LogP contribution in [-0.4, -0.2) is 36.2 Å². The van der Waals surface area contributed by atoms with E-state index in [2.05, 4.69) is 26.1 Å². The van der Waals surface area contributed by atoms with E-state index < -0.39 is 17.4 Å². The van der Waals surface area contributed by atoms with Gasteiger partial charge in [0.05, 0.1) is 10.5 Å². The van der Waals surface area contributed by atoms with Crippen molar-refractivity contribution < 1.29 is 13.9 Å². The molecule has 1 aliphatic rings. The van der Waals surface area contributed by atoms with Gasteiger partial charge < -0.3 is 10.4 Å². The van der Waals surface area contributed by atoms with Crippen molar-refractivity contribution in [3.8, 4) is 5.75 Å². The zero-order valence-electron chi connectivity index (χ0n) is 11.7. The highest BCUT2D eigenvalue weighted by Crippen LogP contribution is 2.40. The Morgan fingerprint density at radius 3 is 2.64 bits per heavy atom. The molecule has 1 saturated heterocycles. The molecule has 1 atom stereocenters. The predicted octanol–water partition coefficient (Wildman–Crippen LogP) is 3.49. The molecule has 7 heteroatoms. The molecule has 22 heavy (non-hydrogen) atoms. The van der Waals surface area contributed by atoms with Crippen molar-refractivity contribution in [3.63, 3.8) is 0 Å². The number of nitrogens with one attached hydrogen (secondary N) is 1. The summed E-state index contributed by atoms with van der Waals surface area (Å²) in [7, 11) is 0. The Labute approximate surface area is 139 Å². The molecule has 118 valence electrons. The smallest absolute Gasteiger partial charge is 0.201 e. The van der Waals surface area contributed by atoms with Gasteiger partial charge in [0.1, 0.15) is 0 Å². The lowest BCUT2D eigenvalue weighted by molar-refractivity contribution is 0.197. The third kappa shape index (κ3) is 2.90. The number of piperazine rings is 1. The standard InChI is InChI=1S/C15H15BrF2N2OS/c16-10-8-9(15(21)13(18)12(10)17)14(11-2-1-7-22-11)20-5-3-19-4-6-20/h1-2,7-8,14,19,21H,3-6H2/t14-/m0/s1. The van der Waals surface area contributed by atoms with Crippen molar-refractivity contribution in [1.29, 1.82) is 0 Å². The van der Waals surface area contributed by atoms with Gasteiger partial charge in [0, 0.05) is 36.6 Å². The Kier molecular flexibility index (Phi) is 4.77. The van der Waals surface area contributed by atoms with Crippen molar-refractivity contribution in [1.82, 2.24) is 10.2 Å². The van der Waals surface area contributed by atoms with Crippen LogP contribution in [0.3, 0.4) is 0 Å². The first kappa shape index (κ1) is 15.9. The summed E-state index contributed by atoms with van der Waals surface area (Å²) in [6, 6.07) is 5.06. The lowest BCUT2D eigenvalue weighted by Gasteiger charge is -2.35. The van der Waals surface area contributed by atoms with E-state index in [0.717, 1.165) is 31.1 Å². The fourth-order valence-corrected chi connectivity index (χ4v) is 4.03. The Morgan fingerprint density at radius 2 is 2.00 bits per heavy atom. The molecule has 0 bridgehead atoms. The minimum atomic E-state index is -1.21. The maximum atomic E-state index is 13.9. The number of phenols is 1. The lowest BCUT2D eigenvalue weighted by Crippen LogP contribution is -2.45. The van der Waals surface area contributed by atoms with Crippen molar-refractivity contribution >= 4 is 27.3 Å². The molecule has 0 radical (unpaired) electrons. The van der Waals surface area contributed by atoms with E-state index in [4.69, 9.17) is 0 Å². The van der Waals surface area contributed by atoms with E-state index in [1.165, 1.54) is 17.4 Å². The quantitative estimate of drug-likeness (QED) is 0.790. The molecule has 0 saturated carbocycles. The molecule has 0 aliphatic carbocycles. The van der Waals surface area contributed by atoms with E-state index >= 15 is 0 Å². The number of aromatic hydroxyl groups is 1. The molecule has 2 heterocycles. The Morgan fingerprint density at radius 1 is 1.27 bits per heavy atom. The number of nitrogens with zero attached hydrogens (tertiary/aromatic N) is 1. The van der Waals surface area contributed by atoms with Crippen LogP contribution in [0.1, 0.15) is 16.5 Å². The maximum absolute atomic E-state index is 13.9. The van der Waals surface area contributed by atoms with Crippen molar-refractivity contribution in [2.45, 2.75) is 6.04 Å². The predicted molar refractivity (Wildman–Crippen MR) is 86.3 cm³/mol. The SMILES string of the molecule is Oc1c([C@@H](c2cccs2)N2CCNCC2)cc(Br)c(F)c1F. The molecular weight excluding hydrogens is 374 g/mol. The Balaban J connectivity index is 2.10. The van der Waals surface area contributed by atoms with Crippen LogP contribution in [-0.2, 0) is 0 Å². The van der Waals surface area contributed by atoms with Gasteiger partial charge in [-0.05, 0) is 33.4 Å². The fourth-order valence-electron chi connectivity index (χ4n) is 2.73. The van der Waals surface area contributed by atoms with Crippen molar-refractivity contribution in [2.75, 3.05) is 26.2 Å². The molecule has 2 N–H and O–H groups in total. The summed E-state index contributed by atoms with van der Waals surface area (Å²) in [6.45, 7) is 3.21. The molecule has 3 nitrogen and oxygen atoms in total. The second kappa shape index (κ2) is 6.62. The second-order valence-corrected chi connectivity index (χ2v) is 6.96. The van der Waals surface area contributed by atoms with E-state index in [9.17, 15) is 13.9 Å². The molecule has 1 aromatic carbocycles. The number of halogens is 3. The number of hydrogen-bond acceptors (Lipinski definition) is 4. The van der Waals surface area contributed by atoms with E-state index in [-0.39, 0.29) is 10.5 Å². The molecule has 1 aliphatic heterocycles. The minimum absolute atomic E-state index is 0.0227. The summed E-state index contributed by atoms with van der Waals surface area (Å²) in [6.07, 6.45) is 0. The highest BCUT2D eigenvalue weighted by Gasteiger charge is 2.30. The molecule has 0 unspecified atom stereocenters. The summed E-state index contributed by atoms with van der Waals surface area (Å²) in [4.78, 5) is 3.16. The molecule has 0 spiro atoms. The van der Waals surface area contributed by atoms with Crippen LogP contribution in [0.4, 0.5) is 8.78 Å². The van der Waals surface area contributed by atoms with Crippen molar-refractivity contribution in [2.24, 2.45) is 0 Å². The van der Waals surface area contributed by atoms with Crippen LogP contribution in [0.5, 0.6) is 5.75 Å². The second-order valence-electron chi connectivity index (χ2n) is 5.13. The normalized spacial score (nSPS) is 17.6. The van der Waals surface area contributed by atoms with Crippen LogP contribution >= 0.6 is 27.3 Å². The summed E-state index contributed by atoms with van der Waals surface area (Å²) >= 11 is 4.57. The number of thiophene rings is 1. The van der Waals surface area contributed by atoms with Crippen LogP contribution in [0.25, 0.3) is 0 Å². The summed E-state index contributed by atoms with van der Waals surface area (Å²) in [5.74, 6) is -2.88. The van der Waals surface area contributed by atoms with Gasteiger partial charge in [-0.25, -0.2) is 4.39 Å². The van der Waals surface area contributed by atoms with Crippen molar-refractivity contribution in [3.05, 3.63) is 50.1 Å². The average Bonchev–Trinajstić information content (AvgIpc) is 3.05. The largest absolute Gasteiger partial charge is 0.505 e. The van der Waals surface area contributed by atoms with Gasteiger partial charge in [0.2, 0.25) is 5.82 Å². The first-order valence-electron chi connectivity index (χ1n) is 6.94. The van der Waals surface area contributed by atoms with Gasteiger partial charge in [-0.1, -0.05) is 6.07 Å². The van der Waals surface area contributed by atoms with Gasteiger partial charge in [0.15, 0.2) is 11.6 Å². The van der Waals surface area contributed by atoms with Crippen LogP contribution in [0.2, 0.25) is 0 Å². The minimum Gasteiger partial charge on any atom is -0.505 e. The van der Waals surface area contributed by atoms with Crippen LogP contribution in [0.15, 0.2) is 28.1 Å². The first-order valence-corrected chi connectivity index (χ1v) is 8.61. The highest BCUT2D eigenvalue weighted by molar-refractivity contribution is 9.10. The molecule has 1 fully saturated rings. The Hall–Kier alpha value is -1.02. The molecule has 0 amide bonds. The zero-order valence-corrected chi connectivity index (χ0v) is 14.1. The fraction of sp³-hybridized carbons (Fsp3) is 0.333. The van der Waals surface area contributed by atoms with Crippen LogP contribution < -0.4 is 5.32 Å². The number of hydrogen-bond donors (Lipinski definition) is 2. The van der Waals surface area contributed by atoms with E-state index in [0.29, 0.717) is 5.56 Å². The first-order chi connectivity index (χ1) is 10.6. The highest BCUT2D eigenvalue weighted by atomic mass is 79.9. The average molecular weight is 389 g/mol. The topological polar surface area (TPSA) is 35.5 Å². The Bertz CT molecular complexity index is 660. The van der Waals surface area contributed by atoms with Gasteiger partial charge in [0.25, 0.3) is 0 Å². The number of benzene rings is 1. The lowest BCUT2D eigenvalue weighted by atomic mass is 10.0. The van der Waals surface area contributed by atoms with E-state index in [1.54, 1.807) is 0 Å². The third-order valence-electron chi connectivity index (χ3n) is 3.79. The monoisotopic (exact) mass is 388 g/mol. The van der Waals surface area contributed by atoms with Gasteiger partial charge >= 0.3 is 0 Å². The number of phenolic OH excluding ortho intramolecular Hbond substituents is 1. The molecule has 1 aromatic heterocycles. The van der Waals surface area contributed by atoms with Gasteiger partial charge in [-0.15, -0.1) is 11.3 Å². The molecule has 2 aromatic rings. The third-order valence-corrected chi connectivity index (χ3v) is 5.29. The molecular formula is C15H15BrF2N2OS. The molecule has 3 rings (SSSR count). The van der Waals surface area contributed by atoms with Gasteiger partial charge in [-0.2, -0.15) is 4.39 Å². The summed E-state index contributed by atoms with van der Waals surface area (Å²) < 4.78 is 27.6. The van der Waals surface area contributed by atoms with E-state index in [1.807, 2.05) is 17.5 Å².